The molecule has 0 aliphatic carbocycles. The molecule has 6 heteroatoms. The molecule has 0 bridgehead atoms. The molecule has 1 aromatic rings. The maximum Gasteiger partial charge on any atom is 0.314 e. The molecule has 0 atom stereocenters. The molecule has 0 fully saturated rings. The summed E-state index contributed by atoms with van der Waals surface area (Å²) >= 11 is 0. The number of benzene rings is 1. The molecule has 6 nitrogen and oxygen atoms in total. The molecule has 110 valence electrons. The predicted molar refractivity (Wildman–Crippen MR) is 75.9 cm³/mol. The minimum absolute atomic E-state index is 0.196. The zero-order valence-electron chi connectivity index (χ0n) is 11.6. The lowest BCUT2D eigenvalue weighted by molar-refractivity contribution is -0.131. The van der Waals surface area contributed by atoms with E-state index in [1.165, 1.54) is 12.7 Å². The third-order valence-electron chi connectivity index (χ3n) is 2.62. The lowest BCUT2D eigenvalue weighted by atomic mass is 10.1. The fourth-order valence-electron chi connectivity index (χ4n) is 1.64. The number of amides is 3. The Labute approximate surface area is 118 Å². The summed E-state index contributed by atoms with van der Waals surface area (Å²) < 4.78 is 0. The van der Waals surface area contributed by atoms with Gasteiger partial charge in [-0.15, -0.1) is 0 Å². The van der Waals surface area contributed by atoms with Crippen LogP contribution in [0, 0.1) is 0 Å². The van der Waals surface area contributed by atoms with Crippen LogP contribution in [0.25, 0.3) is 0 Å². The molecule has 0 radical (unpaired) electrons. The van der Waals surface area contributed by atoms with Gasteiger partial charge in [-0.2, -0.15) is 0 Å². The van der Waals surface area contributed by atoms with Crippen LogP contribution in [0.1, 0.15) is 18.4 Å². The zero-order valence-corrected chi connectivity index (χ0v) is 11.6. The smallest absolute Gasteiger partial charge is 0.314 e. The van der Waals surface area contributed by atoms with Crippen LogP contribution in [0.5, 0.6) is 0 Å². The van der Waals surface area contributed by atoms with Crippen molar-refractivity contribution in [2.45, 2.75) is 19.3 Å². The number of urea groups is 1. The highest BCUT2D eigenvalue weighted by atomic mass is 16.6. The third-order valence-corrected chi connectivity index (χ3v) is 2.62. The van der Waals surface area contributed by atoms with Crippen LogP contribution >= 0.6 is 0 Å². The Hall–Kier alpha value is -2.08. The molecular formula is C14H21N3O3. The summed E-state index contributed by atoms with van der Waals surface area (Å²) in [5.41, 5.74) is 3.40. The number of carbonyl (C=O) groups is 2. The SMILES string of the molecule is CONC(=O)CCCNC(=O)NCCc1ccccc1. The molecule has 0 aliphatic rings. The zero-order chi connectivity index (χ0) is 14.6. The summed E-state index contributed by atoms with van der Waals surface area (Å²) in [7, 11) is 1.39. The lowest BCUT2D eigenvalue weighted by Gasteiger charge is -2.07. The minimum atomic E-state index is -0.215. The second-order valence-corrected chi connectivity index (χ2v) is 4.25. The molecule has 0 saturated heterocycles. The van der Waals surface area contributed by atoms with E-state index in [0.717, 1.165) is 6.42 Å². The summed E-state index contributed by atoms with van der Waals surface area (Å²) in [4.78, 5) is 27.0. The van der Waals surface area contributed by atoms with E-state index in [9.17, 15) is 9.59 Å². The first-order valence-electron chi connectivity index (χ1n) is 6.60. The number of hydrogen-bond donors (Lipinski definition) is 3. The van der Waals surface area contributed by atoms with E-state index in [-0.39, 0.29) is 11.9 Å². The summed E-state index contributed by atoms with van der Waals surface area (Å²) in [5.74, 6) is -0.196. The van der Waals surface area contributed by atoms with E-state index < -0.39 is 0 Å². The van der Waals surface area contributed by atoms with Crippen molar-refractivity contribution in [3.8, 4) is 0 Å². The average molecular weight is 279 g/mol. The predicted octanol–water partition coefficient (Wildman–Crippen LogP) is 0.986. The largest absolute Gasteiger partial charge is 0.338 e. The fraction of sp³-hybridized carbons (Fsp3) is 0.429. The quantitative estimate of drug-likeness (QED) is 0.490. The highest BCUT2D eigenvalue weighted by Gasteiger charge is 2.02. The van der Waals surface area contributed by atoms with Crippen molar-refractivity contribution in [3.63, 3.8) is 0 Å². The fourth-order valence-corrected chi connectivity index (χ4v) is 1.64. The van der Waals surface area contributed by atoms with Crippen LogP contribution in [-0.4, -0.2) is 32.1 Å². The molecule has 0 unspecified atom stereocenters. The van der Waals surface area contributed by atoms with Gasteiger partial charge in [-0.25, -0.2) is 10.3 Å². The van der Waals surface area contributed by atoms with Gasteiger partial charge in [-0.05, 0) is 18.4 Å². The Morgan fingerprint density at radius 3 is 2.50 bits per heavy atom. The van der Waals surface area contributed by atoms with Crippen LogP contribution in [0.15, 0.2) is 30.3 Å². The van der Waals surface area contributed by atoms with E-state index in [1.807, 2.05) is 30.3 Å². The van der Waals surface area contributed by atoms with Crippen LogP contribution in [0.4, 0.5) is 4.79 Å². The van der Waals surface area contributed by atoms with Gasteiger partial charge in [0.1, 0.15) is 0 Å². The first-order chi connectivity index (χ1) is 9.72. The standard InChI is InChI=1S/C14H21N3O3/c1-20-17-13(18)8-5-10-15-14(19)16-11-9-12-6-3-2-4-7-12/h2-4,6-7H,5,8-11H2,1H3,(H,17,18)(H2,15,16,19). The van der Waals surface area contributed by atoms with E-state index in [2.05, 4.69) is 21.0 Å². The van der Waals surface area contributed by atoms with E-state index in [1.54, 1.807) is 0 Å². The Morgan fingerprint density at radius 1 is 1.10 bits per heavy atom. The average Bonchev–Trinajstić information content (AvgIpc) is 2.45. The van der Waals surface area contributed by atoms with Gasteiger partial charge >= 0.3 is 6.03 Å². The molecule has 0 aliphatic heterocycles. The van der Waals surface area contributed by atoms with Crippen molar-refractivity contribution in [2.24, 2.45) is 0 Å². The summed E-state index contributed by atoms with van der Waals surface area (Å²) in [6.45, 7) is 1.04. The molecule has 0 spiro atoms. The summed E-state index contributed by atoms with van der Waals surface area (Å²) in [5, 5.41) is 5.46. The molecule has 0 aromatic heterocycles. The number of hydroxylamine groups is 1. The number of rotatable bonds is 8. The van der Waals surface area contributed by atoms with Crippen molar-refractivity contribution in [2.75, 3.05) is 20.2 Å². The van der Waals surface area contributed by atoms with Gasteiger partial charge in [-0.3, -0.25) is 9.63 Å². The molecular weight excluding hydrogens is 258 g/mol. The first-order valence-corrected chi connectivity index (χ1v) is 6.60. The van der Waals surface area contributed by atoms with Gasteiger partial charge in [0.05, 0.1) is 7.11 Å². The van der Waals surface area contributed by atoms with Crippen molar-refractivity contribution in [1.29, 1.82) is 0 Å². The number of nitrogens with one attached hydrogen (secondary N) is 3. The van der Waals surface area contributed by atoms with Gasteiger partial charge in [0.15, 0.2) is 0 Å². The van der Waals surface area contributed by atoms with Crippen molar-refractivity contribution in [1.82, 2.24) is 16.1 Å². The molecule has 0 saturated carbocycles. The molecule has 20 heavy (non-hydrogen) atoms. The minimum Gasteiger partial charge on any atom is -0.338 e. The molecule has 1 rings (SSSR count). The molecule has 3 amide bonds. The number of carbonyl (C=O) groups excluding carboxylic acids is 2. The Balaban J connectivity index is 2.02. The van der Waals surface area contributed by atoms with Crippen LogP contribution in [-0.2, 0) is 16.1 Å². The van der Waals surface area contributed by atoms with Gasteiger partial charge in [0, 0.05) is 19.5 Å². The van der Waals surface area contributed by atoms with Gasteiger partial charge in [0.2, 0.25) is 5.91 Å². The van der Waals surface area contributed by atoms with Gasteiger partial charge in [0.25, 0.3) is 0 Å². The van der Waals surface area contributed by atoms with Crippen LogP contribution < -0.4 is 16.1 Å². The second-order valence-electron chi connectivity index (χ2n) is 4.25. The van der Waals surface area contributed by atoms with Crippen LogP contribution in [0.3, 0.4) is 0 Å². The van der Waals surface area contributed by atoms with Crippen molar-refractivity contribution < 1.29 is 14.4 Å². The first kappa shape index (κ1) is 16.0. The topological polar surface area (TPSA) is 79.5 Å². The Morgan fingerprint density at radius 2 is 1.80 bits per heavy atom. The maximum absolute atomic E-state index is 11.5. The monoisotopic (exact) mass is 279 g/mol. The summed E-state index contributed by atoms with van der Waals surface area (Å²) in [6, 6.07) is 9.74. The van der Waals surface area contributed by atoms with E-state index in [0.29, 0.717) is 25.9 Å². The molecule has 0 heterocycles. The molecule has 1 aromatic carbocycles. The highest BCUT2D eigenvalue weighted by molar-refractivity contribution is 5.75. The number of hydrogen-bond acceptors (Lipinski definition) is 3. The van der Waals surface area contributed by atoms with Gasteiger partial charge in [-0.1, -0.05) is 30.3 Å². The van der Waals surface area contributed by atoms with E-state index in [4.69, 9.17) is 0 Å². The van der Waals surface area contributed by atoms with Crippen LogP contribution in [0.2, 0.25) is 0 Å². The highest BCUT2D eigenvalue weighted by Crippen LogP contribution is 1.97. The Kier molecular flexibility index (Phi) is 7.83. The van der Waals surface area contributed by atoms with Crippen molar-refractivity contribution >= 4 is 11.9 Å². The van der Waals surface area contributed by atoms with Gasteiger partial charge < -0.3 is 10.6 Å². The maximum atomic E-state index is 11.5. The lowest BCUT2D eigenvalue weighted by Crippen LogP contribution is -2.37. The molecule has 3 N–H and O–H groups in total. The van der Waals surface area contributed by atoms with E-state index >= 15 is 0 Å². The summed E-state index contributed by atoms with van der Waals surface area (Å²) in [6.07, 6.45) is 1.68. The van der Waals surface area contributed by atoms with Crippen molar-refractivity contribution in [3.05, 3.63) is 35.9 Å². The second kappa shape index (κ2) is 9.80. The third kappa shape index (κ3) is 7.38. The Bertz CT molecular complexity index is 409. The normalized spacial score (nSPS) is 9.85.